The number of carboxylic acid groups (broad SMARTS) is 1. The highest BCUT2D eigenvalue weighted by Gasteiger charge is 2.25. The van der Waals surface area contributed by atoms with Crippen LogP contribution in [0.4, 0.5) is 0 Å². The van der Waals surface area contributed by atoms with Crippen LogP contribution in [0.25, 0.3) is 10.9 Å². The van der Waals surface area contributed by atoms with Crippen LogP contribution in [0.5, 0.6) is 0 Å². The van der Waals surface area contributed by atoms with Gasteiger partial charge in [0.25, 0.3) is 0 Å². The Bertz CT molecular complexity index is 778. The second-order valence-corrected chi connectivity index (χ2v) is 6.88. The first-order valence-electron chi connectivity index (χ1n) is 8.26. The molecule has 1 aliphatic rings. The third-order valence-corrected chi connectivity index (χ3v) is 5.16. The topological polar surface area (TPSA) is 73.4 Å². The molecule has 1 fully saturated rings. The van der Waals surface area contributed by atoms with Gasteiger partial charge in [-0.3, -0.25) is 4.79 Å². The molecule has 5 nitrogen and oxygen atoms in total. The van der Waals surface area contributed by atoms with Crippen molar-refractivity contribution in [3.8, 4) is 0 Å². The molecule has 0 aliphatic heterocycles. The number of H-pyrrole nitrogens is 1. The molecule has 0 saturated heterocycles. The Morgan fingerprint density at radius 2 is 2.00 bits per heavy atom. The molecule has 0 radical (unpaired) electrons. The van der Waals surface area contributed by atoms with Crippen LogP contribution in [0.3, 0.4) is 0 Å². The van der Waals surface area contributed by atoms with Gasteiger partial charge in [0.15, 0.2) is 0 Å². The van der Waals surface area contributed by atoms with E-state index in [-0.39, 0.29) is 24.1 Å². The summed E-state index contributed by atoms with van der Waals surface area (Å²) in [6.07, 6.45) is 5.62. The molecule has 0 atom stereocenters. The number of carbonyl (C=O) groups is 2. The van der Waals surface area contributed by atoms with Gasteiger partial charge in [-0.25, -0.2) is 4.79 Å². The SMILES string of the molecule is CN(C(=O)Cc1c(C(=O)O)[nH]c2ccc(Cl)cc12)C1CCCCC1. The first-order valence-corrected chi connectivity index (χ1v) is 8.64. The third-order valence-electron chi connectivity index (χ3n) is 4.93. The lowest BCUT2D eigenvalue weighted by Crippen LogP contribution is -2.39. The molecule has 1 heterocycles. The van der Waals surface area contributed by atoms with Gasteiger partial charge in [0.2, 0.25) is 5.91 Å². The van der Waals surface area contributed by atoms with E-state index < -0.39 is 5.97 Å². The monoisotopic (exact) mass is 348 g/mol. The minimum atomic E-state index is -1.06. The number of hydrogen-bond donors (Lipinski definition) is 2. The highest BCUT2D eigenvalue weighted by molar-refractivity contribution is 6.31. The number of hydrogen-bond acceptors (Lipinski definition) is 2. The van der Waals surface area contributed by atoms with Crippen LogP contribution in [0.15, 0.2) is 18.2 Å². The molecule has 3 rings (SSSR count). The maximum absolute atomic E-state index is 12.7. The fraction of sp³-hybridized carbons (Fsp3) is 0.444. The van der Waals surface area contributed by atoms with Gasteiger partial charge >= 0.3 is 5.97 Å². The average Bonchev–Trinajstić information content (AvgIpc) is 2.93. The molecule has 1 amide bonds. The first kappa shape index (κ1) is 16.8. The van der Waals surface area contributed by atoms with Crippen LogP contribution in [-0.2, 0) is 11.2 Å². The van der Waals surface area contributed by atoms with Crippen molar-refractivity contribution in [1.82, 2.24) is 9.88 Å². The van der Waals surface area contributed by atoms with Crippen molar-refractivity contribution in [2.24, 2.45) is 0 Å². The summed E-state index contributed by atoms with van der Waals surface area (Å²) in [5.41, 5.74) is 1.25. The van der Waals surface area contributed by atoms with Gasteiger partial charge in [-0.2, -0.15) is 0 Å². The number of carboxylic acids is 1. The summed E-state index contributed by atoms with van der Waals surface area (Å²) in [5.74, 6) is -1.12. The Hall–Kier alpha value is -2.01. The van der Waals surface area contributed by atoms with Crippen molar-refractivity contribution in [2.75, 3.05) is 7.05 Å². The Labute approximate surface area is 145 Å². The van der Waals surface area contributed by atoms with Crippen molar-refractivity contribution in [2.45, 2.75) is 44.6 Å². The van der Waals surface area contributed by atoms with Gasteiger partial charge in [-0.05, 0) is 31.0 Å². The van der Waals surface area contributed by atoms with E-state index in [1.165, 1.54) is 6.42 Å². The predicted octanol–water partition coefficient (Wildman–Crippen LogP) is 3.85. The van der Waals surface area contributed by atoms with E-state index in [1.807, 2.05) is 7.05 Å². The Morgan fingerprint density at radius 1 is 1.29 bits per heavy atom. The summed E-state index contributed by atoms with van der Waals surface area (Å²) >= 11 is 6.04. The molecular weight excluding hydrogens is 328 g/mol. The largest absolute Gasteiger partial charge is 0.477 e. The van der Waals surface area contributed by atoms with E-state index in [1.54, 1.807) is 23.1 Å². The van der Waals surface area contributed by atoms with Crippen LogP contribution in [0.1, 0.15) is 48.2 Å². The van der Waals surface area contributed by atoms with E-state index in [0.717, 1.165) is 25.7 Å². The van der Waals surface area contributed by atoms with E-state index in [4.69, 9.17) is 11.6 Å². The van der Waals surface area contributed by atoms with Crippen LogP contribution in [0, 0.1) is 0 Å². The van der Waals surface area contributed by atoms with E-state index >= 15 is 0 Å². The molecule has 1 saturated carbocycles. The molecule has 24 heavy (non-hydrogen) atoms. The number of rotatable bonds is 4. The summed E-state index contributed by atoms with van der Waals surface area (Å²) < 4.78 is 0. The fourth-order valence-corrected chi connectivity index (χ4v) is 3.71. The second-order valence-electron chi connectivity index (χ2n) is 6.45. The maximum Gasteiger partial charge on any atom is 0.352 e. The second kappa shape index (κ2) is 6.85. The van der Waals surface area contributed by atoms with Crippen molar-refractivity contribution in [3.05, 3.63) is 34.5 Å². The van der Waals surface area contributed by atoms with Crippen molar-refractivity contribution in [1.29, 1.82) is 0 Å². The molecule has 0 spiro atoms. The molecule has 0 bridgehead atoms. The lowest BCUT2D eigenvalue weighted by Gasteiger charge is -2.31. The zero-order chi connectivity index (χ0) is 17.3. The predicted molar refractivity (Wildman–Crippen MR) is 93.6 cm³/mol. The number of benzene rings is 1. The lowest BCUT2D eigenvalue weighted by molar-refractivity contribution is -0.131. The number of carbonyl (C=O) groups excluding carboxylic acids is 1. The number of aromatic carboxylic acids is 1. The highest BCUT2D eigenvalue weighted by Crippen LogP contribution is 2.28. The summed E-state index contributed by atoms with van der Waals surface area (Å²) in [6.45, 7) is 0. The Balaban J connectivity index is 1.90. The highest BCUT2D eigenvalue weighted by atomic mass is 35.5. The number of nitrogens with one attached hydrogen (secondary N) is 1. The standard InChI is InChI=1S/C18H21ClN2O3/c1-21(12-5-3-2-4-6-12)16(22)10-14-13-9-11(19)7-8-15(13)20-17(14)18(23)24/h7-9,12,20H,2-6,10H2,1H3,(H,23,24). The normalized spacial score (nSPS) is 15.6. The quantitative estimate of drug-likeness (QED) is 0.881. The molecular formula is C18H21ClN2O3. The molecule has 1 aromatic carbocycles. The molecule has 6 heteroatoms. The van der Waals surface area contributed by atoms with Gasteiger partial charge in [-0.1, -0.05) is 30.9 Å². The number of aromatic amines is 1. The number of halogens is 1. The molecule has 0 unspecified atom stereocenters. The third kappa shape index (κ3) is 3.26. The molecule has 1 aliphatic carbocycles. The van der Waals surface area contributed by atoms with Gasteiger partial charge in [-0.15, -0.1) is 0 Å². The van der Waals surface area contributed by atoms with Crippen LogP contribution in [-0.4, -0.2) is 40.0 Å². The molecule has 2 N–H and O–H groups in total. The van der Waals surface area contributed by atoms with Gasteiger partial charge in [0, 0.05) is 34.6 Å². The van der Waals surface area contributed by atoms with E-state index in [9.17, 15) is 14.7 Å². The number of amides is 1. The first-order chi connectivity index (χ1) is 11.5. The zero-order valence-electron chi connectivity index (χ0n) is 13.6. The van der Waals surface area contributed by atoms with Gasteiger partial charge < -0.3 is 15.0 Å². The smallest absolute Gasteiger partial charge is 0.352 e. The summed E-state index contributed by atoms with van der Waals surface area (Å²) in [5, 5.41) is 10.7. The van der Waals surface area contributed by atoms with Crippen molar-refractivity contribution < 1.29 is 14.7 Å². The lowest BCUT2D eigenvalue weighted by atomic mass is 9.94. The van der Waals surface area contributed by atoms with Gasteiger partial charge in [0.1, 0.15) is 5.69 Å². The molecule has 2 aromatic rings. The minimum absolute atomic E-state index is 0.0507. The minimum Gasteiger partial charge on any atom is -0.477 e. The summed E-state index contributed by atoms with van der Waals surface area (Å²) in [4.78, 5) is 28.9. The average molecular weight is 349 g/mol. The number of likely N-dealkylation sites (N-methyl/N-ethyl adjacent to an activating group) is 1. The van der Waals surface area contributed by atoms with Gasteiger partial charge in [0.05, 0.1) is 6.42 Å². The molecule has 128 valence electrons. The maximum atomic E-state index is 12.7. The summed E-state index contributed by atoms with van der Waals surface area (Å²) in [6, 6.07) is 5.41. The number of fused-ring (bicyclic) bond motifs is 1. The Kier molecular flexibility index (Phi) is 4.81. The summed E-state index contributed by atoms with van der Waals surface area (Å²) in [7, 11) is 1.82. The van der Waals surface area contributed by atoms with E-state index in [0.29, 0.717) is 21.5 Å². The zero-order valence-corrected chi connectivity index (χ0v) is 14.4. The van der Waals surface area contributed by atoms with E-state index in [2.05, 4.69) is 4.98 Å². The fourth-order valence-electron chi connectivity index (χ4n) is 3.53. The van der Waals surface area contributed by atoms with Crippen molar-refractivity contribution >= 4 is 34.4 Å². The number of nitrogens with zero attached hydrogens (tertiary/aromatic N) is 1. The van der Waals surface area contributed by atoms with Crippen molar-refractivity contribution in [3.63, 3.8) is 0 Å². The molecule has 1 aromatic heterocycles. The van der Waals surface area contributed by atoms with Crippen LogP contribution < -0.4 is 0 Å². The van der Waals surface area contributed by atoms with Crippen LogP contribution in [0.2, 0.25) is 5.02 Å². The van der Waals surface area contributed by atoms with Crippen LogP contribution >= 0.6 is 11.6 Å². The number of aromatic nitrogens is 1. The Morgan fingerprint density at radius 3 is 2.67 bits per heavy atom.